The number of nitrogens with zero attached hydrogens (tertiary/aromatic N) is 1. The minimum absolute atomic E-state index is 0.172. The summed E-state index contributed by atoms with van der Waals surface area (Å²) < 4.78 is 21.5. The minimum atomic E-state index is -0.667. The summed E-state index contributed by atoms with van der Waals surface area (Å²) in [4.78, 5) is 29.9. The highest BCUT2D eigenvalue weighted by atomic mass is 16.5. The Hall–Kier alpha value is -4.98. The van der Waals surface area contributed by atoms with Crippen LogP contribution in [0.25, 0.3) is 0 Å². The fraction of sp³-hybridized carbons (Fsp3) is 0.235. The lowest BCUT2D eigenvalue weighted by Gasteiger charge is -2.42. The molecule has 42 heavy (non-hydrogen) atoms. The van der Waals surface area contributed by atoms with E-state index >= 15 is 0 Å². The quantitative estimate of drug-likeness (QED) is 0.270. The predicted molar refractivity (Wildman–Crippen MR) is 161 cm³/mol. The largest absolute Gasteiger partial charge is 0.497 e. The Labute approximate surface area is 245 Å². The van der Waals surface area contributed by atoms with Crippen molar-refractivity contribution in [2.45, 2.75) is 18.4 Å². The number of carbonyl (C=O) groups excluding carboxylic acids is 2. The molecule has 0 radical (unpaired) electrons. The Kier molecular flexibility index (Phi) is 8.62. The number of benzene rings is 4. The smallest absolute Gasteiger partial charge is 0.259 e. The normalized spacial score (nSPS) is 15.9. The zero-order chi connectivity index (χ0) is 29.6. The molecular formula is C34H34N2O6. The molecule has 4 aromatic carbocycles. The van der Waals surface area contributed by atoms with Crippen molar-refractivity contribution in [2.24, 2.45) is 0 Å². The Morgan fingerprint density at radius 3 is 2.05 bits per heavy atom. The number of ether oxygens (including phenoxy) is 4. The number of hydrogen-bond acceptors (Lipinski definition) is 6. The van der Waals surface area contributed by atoms with Crippen LogP contribution in [0.15, 0.2) is 91.0 Å². The van der Waals surface area contributed by atoms with Gasteiger partial charge in [-0.25, -0.2) is 0 Å². The van der Waals surface area contributed by atoms with Gasteiger partial charge in [0.05, 0.1) is 40.4 Å². The molecule has 0 aliphatic carbocycles. The third-order valence-corrected chi connectivity index (χ3v) is 7.59. The van der Waals surface area contributed by atoms with Gasteiger partial charge in [0.15, 0.2) is 11.5 Å². The van der Waals surface area contributed by atoms with Gasteiger partial charge in [0.1, 0.15) is 11.5 Å². The van der Waals surface area contributed by atoms with Crippen LogP contribution in [0.1, 0.15) is 39.0 Å². The molecule has 2 atom stereocenters. The summed E-state index contributed by atoms with van der Waals surface area (Å²) in [6, 6.07) is 27.3. The second-order valence-corrected chi connectivity index (χ2v) is 9.89. The molecule has 1 N–H and O–H groups in total. The first-order valence-corrected chi connectivity index (χ1v) is 13.7. The maximum atomic E-state index is 14.1. The monoisotopic (exact) mass is 566 g/mol. The van der Waals surface area contributed by atoms with E-state index < -0.39 is 12.0 Å². The summed E-state index contributed by atoms with van der Waals surface area (Å²) in [7, 11) is 6.39. The molecule has 0 bridgehead atoms. The van der Waals surface area contributed by atoms with Crippen LogP contribution in [0.4, 0.5) is 5.69 Å². The number of rotatable bonds is 10. The molecule has 0 spiro atoms. The van der Waals surface area contributed by atoms with Crippen LogP contribution >= 0.6 is 0 Å². The molecule has 216 valence electrons. The number of anilines is 1. The summed E-state index contributed by atoms with van der Waals surface area (Å²) >= 11 is 0. The number of methoxy groups -OCH3 is 4. The van der Waals surface area contributed by atoms with Gasteiger partial charge < -0.3 is 24.3 Å². The lowest BCUT2D eigenvalue weighted by molar-refractivity contribution is -0.123. The van der Waals surface area contributed by atoms with E-state index in [1.807, 2.05) is 84.9 Å². The van der Waals surface area contributed by atoms with Crippen LogP contribution in [-0.2, 0) is 11.2 Å². The van der Waals surface area contributed by atoms with Crippen LogP contribution in [0.5, 0.6) is 23.0 Å². The molecular weight excluding hydrogens is 532 g/mol. The second-order valence-electron chi connectivity index (χ2n) is 9.89. The van der Waals surface area contributed by atoms with E-state index in [-0.39, 0.29) is 11.8 Å². The summed E-state index contributed by atoms with van der Waals surface area (Å²) in [6.07, 6.45) is 0.592. The Balaban J connectivity index is 1.52. The maximum absolute atomic E-state index is 14.1. The third kappa shape index (κ3) is 5.61. The molecule has 1 aliphatic heterocycles. The number of hydrogen-bond donors (Lipinski definition) is 1. The van der Waals surface area contributed by atoms with E-state index in [0.29, 0.717) is 52.8 Å². The summed E-state index contributed by atoms with van der Waals surface area (Å²) in [5, 5.41) is 3.14. The second kappa shape index (κ2) is 12.7. The molecule has 2 amide bonds. The Morgan fingerprint density at radius 2 is 1.40 bits per heavy atom. The van der Waals surface area contributed by atoms with Crippen molar-refractivity contribution < 1.29 is 28.5 Å². The number of carbonyl (C=O) groups is 2. The zero-order valence-electron chi connectivity index (χ0n) is 24.1. The fourth-order valence-corrected chi connectivity index (χ4v) is 5.46. The standard InChI is InChI=1S/C34H34N2O6/c1-39-25-14-10-23(11-15-25)32-31(33(37)35-20-19-22-9-18-29(41-3)30(21-22)42-4)27-7-5-6-8-28(27)34(38)36(32)24-12-16-26(40-2)17-13-24/h5-18,21,31-32H,19-20H2,1-4H3,(H,35,37)/t31-,32+/m0/s1. The lowest BCUT2D eigenvalue weighted by Crippen LogP contribution is -2.48. The number of nitrogens with one attached hydrogen (secondary N) is 1. The van der Waals surface area contributed by atoms with Crippen LogP contribution < -0.4 is 29.2 Å². The first kappa shape index (κ1) is 28.5. The van der Waals surface area contributed by atoms with Gasteiger partial charge in [-0.1, -0.05) is 36.4 Å². The molecule has 0 saturated carbocycles. The van der Waals surface area contributed by atoms with Crippen LogP contribution in [0.3, 0.4) is 0 Å². The fourth-order valence-electron chi connectivity index (χ4n) is 5.46. The molecule has 5 rings (SSSR count). The molecule has 4 aromatic rings. The number of fused-ring (bicyclic) bond motifs is 1. The van der Waals surface area contributed by atoms with Gasteiger partial charge in [0.25, 0.3) is 5.91 Å². The van der Waals surface area contributed by atoms with Crippen LogP contribution in [-0.4, -0.2) is 46.8 Å². The van der Waals surface area contributed by atoms with Gasteiger partial charge in [-0.3, -0.25) is 14.5 Å². The van der Waals surface area contributed by atoms with E-state index in [0.717, 1.165) is 11.1 Å². The van der Waals surface area contributed by atoms with Crippen molar-refractivity contribution in [1.29, 1.82) is 0 Å². The molecule has 8 heteroatoms. The van der Waals surface area contributed by atoms with E-state index in [1.54, 1.807) is 39.4 Å². The van der Waals surface area contributed by atoms with Gasteiger partial charge >= 0.3 is 0 Å². The zero-order valence-corrected chi connectivity index (χ0v) is 24.1. The number of amides is 2. The van der Waals surface area contributed by atoms with Crippen molar-refractivity contribution in [2.75, 3.05) is 39.9 Å². The van der Waals surface area contributed by atoms with Crippen molar-refractivity contribution in [3.05, 3.63) is 113 Å². The first-order valence-electron chi connectivity index (χ1n) is 13.7. The highest BCUT2D eigenvalue weighted by molar-refractivity contribution is 6.11. The highest BCUT2D eigenvalue weighted by Gasteiger charge is 2.44. The molecule has 8 nitrogen and oxygen atoms in total. The molecule has 0 saturated heterocycles. The Bertz CT molecular complexity index is 1550. The van der Waals surface area contributed by atoms with Gasteiger partial charge in [-0.15, -0.1) is 0 Å². The van der Waals surface area contributed by atoms with Gasteiger partial charge in [-0.05, 0) is 77.7 Å². The molecule has 1 heterocycles. The molecule has 0 fully saturated rings. The van der Waals surface area contributed by atoms with Gasteiger partial charge in [0, 0.05) is 17.8 Å². The molecule has 0 unspecified atom stereocenters. The van der Waals surface area contributed by atoms with Crippen LogP contribution in [0.2, 0.25) is 0 Å². The van der Waals surface area contributed by atoms with Crippen molar-refractivity contribution >= 4 is 17.5 Å². The van der Waals surface area contributed by atoms with Crippen LogP contribution in [0, 0.1) is 0 Å². The Morgan fingerprint density at radius 1 is 0.762 bits per heavy atom. The minimum Gasteiger partial charge on any atom is -0.497 e. The third-order valence-electron chi connectivity index (χ3n) is 7.59. The SMILES string of the molecule is COc1ccc([C@@H]2[C@@H](C(=O)NCCc3ccc(OC)c(OC)c3)c3ccccc3C(=O)N2c2ccc(OC)cc2)cc1. The molecule has 0 aromatic heterocycles. The molecule has 1 aliphatic rings. The van der Waals surface area contributed by atoms with Gasteiger partial charge in [-0.2, -0.15) is 0 Å². The van der Waals surface area contributed by atoms with Crippen molar-refractivity contribution in [1.82, 2.24) is 5.32 Å². The maximum Gasteiger partial charge on any atom is 0.259 e. The summed E-state index contributed by atoms with van der Waals surface area (Å²) in [5.41, 5.74) is 3.67. The topological polar surface area (TPSA) is 86.3 Å². The van der Waals surface area contributed by atoms with E-state index in [1.165, 1.54) is 0 Å². The summed E-state index contributed by atoms with van der Waals surface area (Å²) in [6.45, 7) is 0.402. The van der Waals surface area contributed by atoms with Gasteiger partial charge in [0.2, 0.25) is 5.91 Å². The first-order chi connectivity index (χ1) is 20.5. The predicted octanol–water partition coefficient (Wildman–Crippen LogP) is 5.57. The lowest BCUT2D eigenvalue weighted by atomic mass is 9.78. The average Bonchev–Trinajstić information content (AvgIpc) is 3.04. The highest BCUT2D eigenvalue weighted by Crippen LogP contribution is 2.45. The average molecular weight is 567 g/mol. The van der Waals surface area contributed by atoms with E-state index in [2.05, 4.69) is 5.32 Å². The van der Waals surface area contributed by atoms with E-state index in [4.69, 9.17) is 18.9 Å². The summed E-state index contributed by atoms with van der Waals surface area (Å²) in [5.74, 6) is 1.63. The van der Waals surface area contributed by atoms with Crippen molar-refractivity contribution in [3.63, 3.8) is 0 Å². The van der Waals surface area contributed by atoms with E-state index in [9.17, 15) is 9.59 Å². The van der Waals surface area contributed by atoms with Crippen molar-refractivity contribution in [3.8, 4) is 23.0 Å².